The normalized spacial score (nSPS) is 19.0. The molecule has 0 saturated carbocycles. The highest BCUT2D eigenvalue weighted by molar-refractivity contribution is 5.94. The van der Waals surface area contributed by atoms with Crippen LogP contribution in [0.15, 0.2) is 18.2 Å². The van der Waals surface area contributed by atoms with Crippen molar-refractivity contribution < 1.29 is 23.8 Å². The molecule has 1 fully saturated rings. The Morgan fingerprint density at radius 2 is 1.96 bits per heavy atom. The number of piperidine rings is 1. The summed E-state index contributed by atoms with van der Waals surface area (Å²) in [6.07, 6.45) is 2.54. The zero-order chi connectivity index (χ0) is 19.6. The Morgan fingerprint density at radius 3 is 2.70 bits per heavy atom. The standard InChI is InChI=1S/C20H28N2O5/c1-20(2,3)27-19(24)22-10-6-5-7-15(22)12-21(4)18(23)14-8-9-16-17(11-14)26-13-25-16/h8-9,11,15H,5-7,10,12-13H2,1-4H3. The van der Waals surface area contributed by atoms with Crippen LogP contribution in [0.2, 0.25) is 0 Å². The second-order valence-electron chi connectivity index (χ2n) is 8.08. The van der Waals surface area contributed by atoms with E-state index >= 15 is 0 Å². The van der Waals surface area contributed by atoms with Gasteiger partial charge >= 0.3 is 6.09 Å². The van der Waals surface area contributed by atoms with E-state index in [9.17, 15) is 9.59 Å². The number of benzene rings is 1. The molecule has 0 spiro atoms. The largest absolute Gasteiger partial charge is 0.454 e. The van der Waals surface area contributed by atoms with Gasteiger partial charge in [-0.15, -0.1) is 0 Å². The van der Waals surface area contributed by atoms with Gasteiger partial charge in [0.2, 0.25) is 6.79 Å². The van der Waals surface area contributed by atoms with E-state index in [2.05, 4.69) is 0 Å². The molecule has 2 aliphatic rings. The van der Waals surface area contributed by atoms with Crippen molar-refractivity contribution in [3.63, 3.8) is 0 Å². The van der Waals surface area contributed by atoms with Gasteiger partial charge in [0.15, 0.2) is 11.5 Å². The summed E-state index contributed by atoms with van der Waals surface area (Å²) in [5, 5.41) is 0. The molecular formula is C20H28N2O5. The summed E-state index contributed by atoms with van der Waals surface area (Å²) >= 11 is 0. The average Bonchev–Trinajstić information content (AvgIpc) is 3.07. The van der Waals surface area contributed by atoms with Gasteiger partial charge in [0.05, 0.1) is 6.04 Å². The zero-order valence-corrected chi connectivity index (χ0v) is 16.5. The Kier molecular flexibility index (Phi) is 5.48. The minimum Gasteiger partial charge on any atom is -0.454 e. The molecule has 148 valence electrons. The number of carbonyl (C=O) groups is 2. The number of likely N-dealkylation sites (N-methyl/N-ethyl adjacent to an activating group) is 1. The van der Waals surface area contributed by atoms with Crippen LogP contribution >= 0.6 is 0 Å². The smallest absolute Gasteiger partial charge is 0.410 e. The van der Waals surface area contributed by atoms with E-state index in [0.717, 1.165) is 19.3 Å². The molecule has 0 radical (unpaired) electrons. The lowest BCUT2D eigenvalue weighted by Gasteiger charge is -2.38. The molecule has 2 amide bonds. The van der Waals surface area contributed by atoms with Crippen LogP contribution in [0.25, 0.3) is 0 Å². The fraction of sp³-hybridized carbons (Fsp3) is 0.600. The molecule has 0 aromatic heterocycles. The number of ether oxygens (including phenoxy) is 3. The second-order valence-corrected chi connectivity index (χ2v) is 8.08. The van der Waals surface area contributed by atoms with Crippen LogP contribution in [0.5, 0.6) is 11.5 Å². The molecule has 0 aliphatic carbocycles. The third-order valence-corrected chi connectivity index (χ3v) is 4.71. The number of nitrogens with zero attached hydrogens (tertiary/aromatic N) is 2. The molecule has 7 heteroatoms. The highest BCUT2D eigenvalue weighted by Gasteiger charge is 2.32. The van der Waals surface area contributed by atoms with E-state index in [-0.39, 0.29) is 24.8 Å². The second kappa shape index (κ2) is 7.66. The summed E-state index contributed by atoms with van der Waals surface area (Å²) in [6, 6.07) is 5.14. The van der Waals surface area contributed by atoms with E-state index in [1.807, 2.05) is 20.8 Å². The third kappa shape index (κ3) is 4.64. The summed E-state index contributed by atoms with van der Waals surface area (Å²) in [4.78, 5) is 28.8. The van der Waals surface area contributed by atoms with Crippen molar-refractivity contribution in [2.24, 2.45) is 0 Å². The van der Waals surface area contributed by atoms with Crippen molar-refractivity contribution >= 4 is 12.0 Å². The molecular weight excluding hydrogens is 348 g/mol. The van der Waals surface area contributed by atoms with E-state index < -0.39 is 5.60 Å². The first-order chi connectivity index (χ1) is 12.7. The lowest BCUT2D eigenvalue weighted by Crippen LogP contribution is -2.51. The quantitative estimate of drug-likeness (QED) is 0.810. The molecule has 1 unspecified atom stereocenters. The number of carbonyl (C=O) groups excluding carboxylic acids is 2. The first-order valence-electron chi connectivity index (χ1n) is 9.39. The third-order valence-electron chi connectivity index (χ3n) is 4.71. The van der Waals surface area contributed by atoms with E-state index in [4.69, 9.17) is 14.2 Å². The van der Waals surface area contributed by atoms with Gasteiger partial charge in [0.1, 0.15) is 5.60 Å². The maximum absolute atomic E-state index is 12.8. The fourth-order valence-electron chi connectivity index (χ4n) is 3.40. The maximum atomic E-state index is 12.8. The molecule has 0 bridgehead atoms. The van der Waals surface area contributed by atoms with Gasteiger partial charge in [-0.2, -0.15) is 0 Å². The minimum atomic E-state index is -0.534. The highest BCUT2D eigenvalue weighted by atomic mass is 16.7. The first-order valence-corrected chi connectivity index (χ1v) is 9.39. The number of likely N-dealkylation sites (tertiary alicyclic amines) is 1. The maximum Gasteiger partial charge on any atom is 0.410 e. The van der Waals surface area contributed by atoms with Crippen LogP contribution < -0.4 is 9.47 Å². The Morgan fingerprint density at radius 1 is 1.22 bits per heavy atom. The lowest BCUT2D eigenvalue weighted by atomic mass is 10.0. The molecule has 1 saturated heterocycles. The van der Waals surface area contributed by atoms with Gasteiger partial charge in [-0.05, 0) is 58.2 Å². The van der Waals surface area contributed by atoms with Crippen molar-refractivity contribution in [3.8, 4) is 11.5 Å². The van der Waals surface area contributed by atoms with Gasteiger partial charge in [-0.25, -0.2) is 4.79 Å². The fourth-order valence-corrected chi connectivity index (χ4v) is 3.40. The van der Waals surface area contributed by atoms with Crippen molar-refractivity contribution in [3.05, 3.63) is 23.8 Å². The van der Waals surface area contributed by atoms with Crippen LogP contribution in [0.3, 0.4) is 0 Å². The summed E-state index contributed by atoms with van der Waals surface area (Å²) in [5.74, 6) is 1.13. The van der Waals surface area contributed by atoms with Gasteiger partial charge < -0.3 is 24.0 Å². The summed E-state index contributed by atoms with van der Waals surface area (Å²) < 4.78 is 16.2. The Bertz CT molecular complexity index is 713. The minimum absolute atomic E-state index is 0.0449. The Hall–Kier alpha value is -2.44. The summed E-state index contributed by atoms with van der Waals surface area (Å²) in [7, 11) is 1.76. The lowest BCUT2D eigenvalue weighted by molar-refractivity contribution is 0.00604. The summed E-state index contributed by atoms with van der Waals surface area (Å²) in [6.45, 7) is 6.88. The highest BCUT2D eigenvalue weighted by Crippen LogP contribution is 2.33. The Labute approximate surface area is 160 Å². The zero-order valence-electron chi connectivity index (χ0n) is 16.5. The summed E-state index contributed by atoms with van der Waals surface area (Å²) in [5.41, 5.74) is 0.00851. The van der Waals surface area contributed by atoms with Gasteiger partial charge in [0, 0.05) is 25.7 Å². The average molecular weight is 376 g/mol. The number of rotatable bonds is 3. The predicted molar refractivity (Wildman–Crippen MR) is 100 cm³/mol. The molecule has 2 heterocycles. The topological polar surface area (TPSA) is 68.3 Å². The predicted octanol–water partition coefficient (Wildman–Crippen LogP) is 3.28. The number of amides is 2. The van der Waals surface area contributed by atoms with Crippen molar-refractivity contribution in [2.45, 2.75) is 51.7 Å². The van der Waals surface area contributed by atoms with Crippen LogP contribution in [0.4, 0.5) is 4.79 Å². The molecule has 2 aliphatic heterocycles. The Balaban J connectivity index is 1.66. The van der Waals surface area contributed by atoms with Crippen molar-refractivity contribution in [1.29, 1.82) is 0 Å². The van der Waals surface area contributed by atoms with E-state index in [1.54, 1.807) is 35.0 Å². The van der Waals surface area contributed by atoms with Crippen molar-refractivity contribution in [1.82, 2.24) is 9.80 Å². The number of hydrogen-bond acceptors (Lipinski definition) is 5. The molecule has 0 N–H and O–H groups in total. The van der Waals surface area contributed by atoms with Crippen LogP contribution in [0, 0.1) is 0 Å². The number of hydrogen-bond donors (Lipinski definition) is 0. The van der Waals surface area contributed by atoms with Crippen LogP contribution in [0.1, 0.15) is 50.4 Å². The molecule has 3 rings (SSSR count). The van der Waals surface area contributed by atoms with Gasteiger partial charge in [-0.1, -0.05) is 0 Å². The van der Waals surface area contributed by atoms with Gasteiger partial charge in [0.25, 0.3) is 5.91 Å². The molecule has 1 aromatic rings. The van der Waals surface area contributed by atoms with Crippen LogP contribution in [-0.2, 0) is 4.74 Å². The number of fused-ring (bicyclic) bond motifs is 1. The SMILES string of the molecule is CN(CC1CCCCN1C(=O)OC(C)(C)C)C(=O)c1ccc2c(c1)OCO2. The van der Waals surface area contributed by atoms with Crippen molar-refractivity contribution in [2.75, 3.05) is 26.9 Å². The van der Waals surface area contributed by atoms with E-state index in [1.165, 1.54) is 0 Å². The first kappa shape index (κ1) is 19.3. The van der Waals surface area contributed by atoms with Gasteiger partial charge in [-0.3, -0.25) is 4.79 Å². The molecule has 1 aromatic carbocycles. The molecule has 27 heavy (non-hydrogen) atoms. The van der Waals surface area contributed by atoms with E-state index in [0.29, 0.717) is 30.2 Å². The molecule has 1 atom stereocenters. The molecule has 7 nitrogen and oxygen atoms in total. The monoisotopic (exact) mass is 376 g/mol. The van der Waals surface area contributed by atoms with Crippen LogP contribution in [-0.4, -0.2) is 60.4 Å².